The fraction of sp³-hybridized carbons (Fsp3) is 0.429. The van der Waals surface area contributed by atoms with Crippen LogP contribution in [0.5, 0.6) is 0 Å². The molecule has 102 valence electrons. The molecule has 1 amide bonds. The third-order valence-corrected chi connectivity index (χ3v) is 4.48. The number of hydrogen-bond donors (Lipinski definition) is 0. The van der Waals surface area contributed by atoms with Gasteiger partial charge in [0.15, 0.2) is 0 Å². The summed E-state index contributed by atoms with van der Waals surface area (Å²) in [5.41, 5.74) is 1.23. The number of benzene rings is 1. The van der Waals surface area contributed by atoms with Crippen molar-refractivity contribution in [3.05, 3.63) is 29.8 Å². The second-order valence-corrected chi connectivity index (χ2v) is 5.75. The molecule has 1 unspecified atom stereocenters. The Hall–Kier alpha value is -1.49. The van der Waals surface area contributed by atoms with Crippen LogP contribution in [0.3, 0.4) is 0 Å². The molecule has 19 heavy (non-hydrogen) atoms. The summed E-state index contributed by atoms with van der Waals surface area (Å²) in [7, 11) is 3.09. The number of fused-ring (bicyclic) bond motifs is 1. The highest BCUT2D eigenvalue weighted by Crippen LogP contribution is 2.37. The molecule has 0 saturated heterocycles. The minimum atomic E-state index is -0.290. The number of methoxy groups -OCH3 is 1. The molecular formula is C14H17NO3S. The number of amides is 1. The summed E-state index contributed by atoms with van der Waals surface area (Å²) in [6.45, 7) is 0.402. The predicted molar refractivity (Wildman–Crippen MR) is 74.1 cm³/mol. The van der Waals surface area contributed by atoms with Crippen LogP contribution in [0.1, 0.15) is 12.0 Å². The van der Waals surface area contributed by atoms with Crippen molar-refractivity contribution in [2.24, 2.45) is 0 Å². The zero-order chi connectivity index (χ0) is 13.8. The first-order valence-corrected chi connectivity index (χ1v) is 7.06. The topological polar surface area (TPSA) is 46.6 Å². The number of hydrogen-bond acceptors (Lipinski definition) is 4. The molecule has 0 aliphatic carbocycles. The lowest BCUT2D eigenvalue weighted by atomic mass is 10.1. The second kappa shape index (κ2) is 6.10. The Labute approximate surface area is 117 Å². The molecule has 0 N–H and O–H groups in total. The smallest absolute Gasteiger partial charge is 0.307 e. The Morgan fingerprint density at radius 2 is 2.16 bits per heavy atom. The van der Waals surface area contributed by atoms with Crippen molar-refractivity contribution in [1.82, 2.24) is 4.90 Å². The highest BCUT2D eigenvalue weighted by molar-refractivity contribution is 8.01. The quantitative estimate of drug-likeness (QED) is 0.787. The van der Waals surface area contributed by atoms with Crippen LogP contribution in [-0.4, -0.2) is 42.7 Å². The Balaban J connectivity index is 1.90. The summed E-state index contributed by atoms with van der Waals surface area (Å²) in [5, 5.41) is -0.0694. The van der Waals surface area contributed by atoms with Gasteiger partial charge in [0, 0.05) is 18.5 Å². The molecule has 0 radical (unpaired) electrons. The molecule has 1 aromatic rings. The van der Waals surface area contributed by atoms with Crippen LogP contribution >= 0.6 is 11.8 Å². The first-order chi connectivity index (χ1) is 9.11. The maximum atomic E-state index is 12.3. The molecule has 1 aromatic carbocycles. The Morgan fingerprint density at radius 1 is 1.42 bits per heavy atom. The molecule has 4 nitrogen and oxygen atoms in total. The van der Waals surface area contributed by atoms with Gasteiger partial charge in [-0.1, -0.05) is 18.2 Å². The highest BCUT2D eigenvalue weighted by Gasteiger charge is 2.30. The van der Waals surface area contributed by atoms with Gasteiger partial charge in [-0.05, 0) is 18.1 Å². The summed E-state index contributed by atoms with van der Waals surface area (Å²) in [6.07, 6.45) is 1.01. The van der Waals surface area contributed by atoms with Gasteiger partial charge in [0.2, 0.25) is 5.91 Å². The second-order valence-electron chi connectivity index (χ2n) is 4.50. The molecule has 0 fully saturated rings. The summed E-state index contributed by atoms with van der Waals surface area (Å²) in [6, 6.07) is 8.08. The van der Waals surface area contributed by atoms with E-state index in [0.29, 0.717) is 6.54 Å². The molecule has 1 aliphatic rings. The first-order valence-electron chi connectivity index (χ1n) is 6.18. The largest absolute Gasteiger partial charge is 0.469 e. The molecule has 1 atom stereocenters. The molecule has 5 heteroatoms. The monoisotopic (exact) mass is 279 g/mol. The van der Waals surface area contributed by atoms with E-state index in [9.17, 15) is 9.59 Å². The molecule has 0 aromatic heterocycles. The lowest BCUT2D eigenvalue weighted by Crippen LogP contribution is -2.36. The average molecular weight is 279 g/mol. The van der Waals surface area contributed by atoms with Crippen molar-refractivity contribution >= 4 is 23.6 Å². The fourth-order valence-electron chi connectivity index (χ4n) is 2.04. The van der Waals surface area contributed by atoms with E-state index in [0.717, 1.165) is 6.42 Å². The van der Waals surface area contributed by atoms with E-state index in [2.05, 4.69) is 10.8 Å². The van der Waals surface area contributed by atoms with Gasteiger partial charge in [-0.25, -0.2) is 0 Å². The van der Waals surface area contributed by atoms with Gasteiger partial charge in [-0.15, -0.1) is 11.8 Å². The molecule has 1 aliphatic heterocycles. The minimum Gasteiger partial charge on any atom is -0.469 e. The molecule has 0 saturated carbocycles. The fourth-order valence-corrected chi connectivity index (χ4v) is 3.35. The first kappa shape index (κ1) is 13.9. The Morgan fingerprint density at radius 3 is 2.84 bits per heavy atom. The number of nitrogens with zero attached hydrogens (tertiary/aromatic N) is 1. The molecular weight excluding hydrogens is 262 g/mol. The van der Waals surface area contributed by atoms with Crippen molar-refractivity contribution in [1.29, 1.82) is 0 Å². The molecule has 0 bridgehead atoms. The maximum Gasteiger partial charge on any atom is 0.307 e. The van der Waals surface area contributed by atoms with Crippen molar-refractivity contribution in [2.75, 3.05) is 20.7 Å². The molecule has 0 spiro atoms. The van der Waals surface area contributed by atoms with E-state index in [1.54, 1.807) is 23.7 Å². The van der Waals surface area contributed by atoms with Crippen LogP contribution in [0.2, 0.25) is 0 Å². The van der Waals surface area contributed by atoms with Crippen molar-refractivity contribution in [3.8, 4) is 0 Å². The summed E-state index contributed by atoms with van der Waals surface area (Å²) < 4.78 is 4.57. The molecule has 2 rings (SSSR count). The maximum absolute atomic E-state index is 12.3. The van der Waals surface area contributed by atoms with E-state index in [1.165, 1.54) is 17.6 Å². The number of rotatable bonds is 4. The third-order valence-electron chi connectivity index (χ3n) is 3.18. The summed E-state index contributed by atoms with van der Waals surface area (Å²) >= 11 is 1.61. The van der Waals surface area contributed by atoms with E-state index in [1.807, 2.05) is 18.2 Å². The van der Waals surface area contributed by atoms with Crippen molar-refractivity contribution in [2.45, 2.75) is 23.0 Å². The summed E-state index contributed by atoms with van der Waals surface area (Å²) in [5.74, 6) is -0.216. The number of carbonyl (C=O) groups excluding carboxylic acids is 2. The number of thioether (sulfide) groups is 1. The number of esters is 1. The molecule has 1 heterocycles. The van der Waals surface area contributed by atoms with Crippen LogP contribution in [0, 0.1) is 0 Å². The standard InChI is InChI=1S/C14H17NO3S/c1-15(8-7-13(16)18-2)14(17)12-9-10-5-3-4-6-11(10)19-12/h3-6,12H,7-9H2,1-2H3. The van der Waals surface area contributed by atoms with E-state index >= 15 is 0 Å². The van der Waals surface area contributed by atoms with Gasteiger partial charge in [-0.2, -0.15) is 0 Å². The Bertz CT molecular complexity index is 464. The average Bonchev–Trinajstić information content (AvgIpc) is 2.87. The van der Waals surface area contributed by atoms with Gasteiger partial charge in [0.1, 0.15) is 0 Å². The normalized spacial score (nSPS) is 16.8. The van der Waals surface area contributed by atoms with Gasteiger partial charge in [0.25, 0.3) is 0 Å². The van der Waals surface area contributed by atoms with Crippen LogP contribution in [0.15, 0.2) is 29.2 Å². The number of carbonyl (C=O) groups is 2. The minimum absolute atomic E-state index is 0.0694. The predicted octanol–water partition coefficient (Wildman–Crippen LogP) is 1.72. The van der Waals surface area contributed by atoms with E-state index in [-0.39, 0.29) is 23.5 Å². The van der Waals surface area contributed by atoms with Crippen LogP contribution < -0.4 is 0 Å². The van der Waals surface area contributed by atoms with Gasteiger partial charge >= 0.3 is 5.97 Å². The van der Waals surface area contributed by atoms with Crippen molar-refractivity contribution in [3.63, 3.8) is 0 Å². The zero-order valence-electron chi connectivity index (χ0n) is 11.1. The SMILES string of the molecule is COC(=O)CCN(C)C(=O)C1Cc2ccccc2S1. The van der Waals surface area contributed by atoms with Gasteiger partial charge < -0.3 is 9.64 Å². The zero-order valence-corrected chi connectivity index (χ0v) is 11.9. The lowest BCUT2D eigenvalue weighted by Gasteiger charge is -2.19. The van der Waals surface area contributed by atoms with E-state index < -0.39 is 0 Å². The van der Waals surface area contributed by atoms with E-state index in [4.69, 9.17) is 0 Å². The lowest BCUT2D eigenvalue weighted by molar-refractivity contribution is -0.141. The summed E-state index contributed by atoms with van der Waals surface area (Å²) in [4.78, 5) is 26.1. The third kappa shape index (κ3) is 3.29. The number of ether oxygens (including phenoxy) is 1. The highest BCUT2D eigenvalue weighted by atomic mass is 32.2. The van der Waals surface area contributed by atoms with Crippen LogP contribution in [0.25, 0.3) is 0 Å². The van der Waals surface area contributed by atoms with Gasteiger partial charge in [0.05, 0.1) is 18.8 Å². The Kier molecular flexibility index (Phi) is 4.47. The van der Waals surface area contributed by atoms with Crippen LogP contribution in [-0.2, 0) is 20.7 Å². The van der Waals surface area contributed by atoms with Gasteiger partial charge in [-0.3, -0.25) is 9.59 Å². The van der Waals surface area contributed by atoms with Crippen LogP contribution in [0.4, 0.5) is 0 Å². The van der Waals surface area contributed by atoms with Crippen molar-refractivity contribution < 1.29 is 14.3 Å².